The highest BCUT2D eigenvalue weighted by atomic mass is 16.5. The predicted octanol–water partition coefficient (Wildman–Crippen LogP) is 2.94. The van der Waals surface area contributed by atoms with Crippen molar-refractivity contribution in [3.63, 3.8) is 0 Å². The third-order valence-electron chi connectivity index (χ3n) is 3.08. The number of hydrogen-bond acceptors (Lipinski definition) is 4. The summed E-state index contributed by atoms with van der Waals surface area (Å²) in [5.74, 6) is 0.363. The van der Waals surface area contributed by atoms with Gasteiger partial charge in [-0.25, -0.2) is 0 Å². The van der Waals surface area contributed by atoms with E-state index in [0.717, 1.165) is 18.2 Å². The second kappa shape index (κ2) is 6.10. The van der Waals surface area contributed by atoms with E-state index < -0.39 is 0 Å². The second-order valence-electron chi connectivity index (χ2n) is 4.49. The first-order chi connectivity index (χ1) is 9.60. The van der Waals surface area contributed by atoms with Crippen molar-refractivity contribution in [2.24, 2.45) is 5.92 Å². The van der Waals surface area contributed by atoms with Crippen LogP contribution in [0.3, 0.4) is 0 Å². The summed E-state index contributed by atoms with van der Waals surface area (Å²) in [6.07, 6.45) is 9.77. The molecule has 0 radical (unpaired) electrons. The molecule has 0 aromatic heterocycles. The molecule has 0 spiro atoms. The minimum Gasteiger partial charge on any atom is -0.508 e. The van der Waals surface area contributed by atoms with Gasteiger partial charge < -0.3 is 14.9 Å². The molecule has 1 aliphatic rings. The molecular weight excluding hydrogens is 256 g/mol. The number of ketones is 1. The first kappa shape index (κ1) is 13.9. The summed E-state index contributed by atoms with van der Waals surface area (Å²) in [7, 11) is 1.61. The fraction of sp³-hybridized carbons (Fsp3) is 0.188. The molecule has 2 rings (SSSR count). The Morgan fingerprint density at radius 3 is 2.80 bits per heavy atom. The van der Waals surface area contributed by atoms with Crippen molar-refractivity contribution in [1.82, 2.24) is 0 Å². The first-order valence-electron chi connectivity index (χ1n) is 6.27. The minimum atomic E-state index is -0.294. The molecule has 1 aromatic rings. The number of methoxy groups -OCH3 is 1. The van der Waals surface area contributed by atoms with E-state index in [1.807, 2.05) is 18.2 Å². The molecule has 20 heavy (non-hydrogen) atoms. The van der Waals surface area contributed by atoms with E-state index in [4.69, 9.17) is 4.74 Å². The molecule has 0 saturated carbocycles. The summed E-state index contributed by atoms with van der Waals surface area (Å²) in [6, 6.07) is 3.92. The molecular formula is C16H16O4. The van der Waals surface area contributed by atoms with Crippen molar-refractivity contribution in [2.45, 2.75) is 6.42 Å². The van der Waals surface area contributed by atoms with Gasteiger partial charge in [0.15, 0.2) is 5.78 Å². The second-order valence-corrected chi connectivity index (χ2v) is 4.49. The van der Waals surface area contributed by atoms with Crippen LogP contribution < -0.4 is 0 Å². The quantitative estimate of drug-likeness (QED) is 0.653. The summed E-state index contributed by atoms with van der Waals surface area (Å²) in [4.78, 5) is 11.9. The molecule has 2 N–H and O–H groups in total. The lowest BCUT2D eigenvalue weighted by Gasteiger charge is -2.11. The average molecular weight is 272 g/mol. The standard InChI is InChI=1S/C16H16O4/c1-20-13-6-2-11(3-7-13)4-9-15(18)14-8-5-12(17)10-16(14)19/h2,4-11,17,19H,3H2,1H3/b9-4+/t11-/m0/s1. The molecule has 104 valence electrons. The fourth-order valence-electron chi connectivity index (χ4n) is 1.94. The lowest BCUT2D eigenvalue weighted by molar-refractivity contribution is 0.104. The third-order valence-corrected chi connectivity index (χ3v) is 3.08. The van der Waals surface area contributed by atoms with Crippen molar-refractivity contribution in [3.05, 3.63) is 59.9 Å². The molecule has 0 saturated heterocycles. The van der Waals surface area contributed by atoms with Gasteiger partial charge in [-0.05, 0) is 42.7 Å². The van der Waals surface area contributed by atoms with Crippen molar-refractivity contribution in [3.8, 4) is 11.5 Å². The van der Waals surface area contributed by atoms with Gasteiger partial charge in [0, 0.05) is 6.07 Å². The maximum atomic E-state index is 11.9. The van der Waals surface area contributed by atoms with Crippen molar-refractivity contribution < 1.29 is 19.7 Å². The Morgan fingerprint density at radius 1 is 1.40 bits per heavy atom. The molecule has 0 aliphatic heterocycles. The van der Waals surface area contributed by atoms with Crippen molar-refractivity contribution in [1.29, 1.82) is 0 Å². The average Bonchev–Trinajstić information content (AvgIpc) is 2.45. The number of aromatic hydroxyl groups is 2. The number of phenolic OH excluding ortho intramolecular Hbond substituents is 2. The first-order valence-corrected chi connectivity index (χ1v) is 6.27. The number of rotatable bonds is 4. The largest absolute Gasteiger partial charge is 0.508 e. The highest BCUT2D eigenvalue weighted by Gasteiger charge is 2.10. The number of carbonyl (C=O) groups is 1. The third kappa shape index (κ3) is 3.29. The number of hydrogen-bond donors (Lipinski definition) is 2. The van der Waals surface area contributed by atoms with Crippen LogP contribution in [0.1, 0.15) is 16.8 Å². The Hall–Kier alpha value is -2.49. The molecule has 0 unspecified atom stereocenters. The predicted molar refractivity (Wildman–Crippen MR) is 75.6 cm³/mol. The Kier molecular flexibility index (Phi) is 4.25. The minimum absolute atomic E-state index is 0.0736. The summed E-state index contributed by atoms with van der Waals surface area (Å²) in [5.41, 5.74) is 0.173. The van der Waals surface area contributed by atoms with E-state index in [1.54, 1.807) is 13.2 Å². The zero-order valence-corrected chi connectivity index (χ0v) is 11.1. The summed E-state index contributed by atoms with van der Waals surface area (Å²) >= 11 is 0. The van der Waals surface area contributed by atoms with Crippen LogP contribution in [-0.4, -0.2) is 23.1 Å². The monoisotopic (exact) mass is 272 g/mol. The SMILES string of the molecule is COC1=CC[C@@H](/C=C/C(=O)c2ccc(O)cc2O)C=C1. The van der Waals surface area contributed by atoms with E-state index in [2.05, 4.69) is 0 Å². The van der Waals surface area contributed by atoms with Crippen molar-refractivity contribution >= 4 is 5.78 Å². The lowest BCUT2D eigenvalue weighted by Crippen LogP contribution is -2.00. The maximum absolute atomic E-state index is 11.9. The number of ether oxygens (including phenoxy) is 1. The van der Waals surface area contributed by atoms with Gasteiger partial charge in [0.2, 0.25) is 0 Å². The molecule has 1 aromatic carbocycles. The van der Waals surface area contributed by atoms with Gasteiger partial charge >= 0.3 is 0 Å². The molecule has 4 heteroatoms. The van der Waals surface area contributed by atoms with Gasteiger partial charge in [0.25, 0.3) is 0 Å². The Morgan fingerprint density at radius 2 is 2.20 bits per heavy atom. The van der Waals surface area contributed by atoms with E-state index in [-0.39, 0.29) is 28.8 Å². The van der Waals surface area contributed by atoms with Crippen LogP contribution in [0.5, 0.6) is 11.5 Å². The van der Waals surface area contributed by atoms with Gasteiger partial charge in [-0.3, -0.25) is 4.79 Å². The molecule has 1 aliphatic carbocycles. The molecule has 0 bridgehead atoms. The fourth-order valence-corrected chi connectivity index (χ4v) is 1.94. The smallest absolute Gasteiger partial charge is 0.189 e. The van der Waals surface area contributed by atoms with E-state index in [0.29, 0.717) is 0 Å². The zero-order chi connectivity index (χ0) is 14.5. The van der Waals surface area contributed by atoms with Crippen LogP contribution in [0.25, 0.3) is 0 Å². The van der Waals surface area contributed by atoms with Gasteiger partial charge in [0.1, 0.15) is 17.3 Å². The highest BCUT2D eigenvalue weighted by molar-refractivity contribution is 6.06. The summed E-state index contributed by atoms with van der Waals surface area (Å²) < 4.78 is 5.09. The van der Waals surface area contributed by atoms with E-state index >= 15 is 0 Å². The molecule has 0 amide bonds. The topological polar surface area (TPSA) is 66.8 Å². The van der Waals surface area contributed by atoms with Crippen LogP contribution in [0.4, 0.5) is 0 Å². The molecule has 0 fully saturated rings. The number of allylic oxidation sites excluding steroid dienone is 5. The van der Waals surface area contributed by atoms with Gasteiger partial charge in [-0.2, -0.15) is 0 Å². The van der Waals surface area contributed by atoms with Gasteiger partial charge in [-0.1, -0.05) is 12.2 Å². The summed E-state index contributed by atoms with van der Waals surface area (Å²) in [6.45, 7) is 0. The normalized spacial score (nSPS) is 18.1. The number of benzene rings is 1. The lowest BCUT2D eigenvalue weighted by atomic mass is 9.98. The number of carbonyl (C=O) groups excluding carboxylic acids is 1. The Labute approximate surface area is 117 Å². The van der Waals surface area contributed by atoms with Crippen molar-refractivity contribution in [2.75, 3.05) is 7.11 Å². The van der Waals surface area contributed by atoms with Crippen LogP contribution in [0.15, 0.2) is 54.3 Å². The van der Waals surface area contributed by atoms with E-state index in [9.17, 15) is 15.0 Å². The van der Waals surface area contributed by atoms with Crippen LogP contribution in [0.2, 0.25) is 0 Å². The van der Waals surface area contributed by atoms with Gasteiger partial charge in [-0.15, -0.1) is 0 Å². The maximum Gasteiger partial charge on any atom is 0.189 e. The van der Waals surface area contributed by atoms with Gasteiger partial charge in [0.05, 0.1) is 12.7 Å². The number of phenols is 2. The van der Waals surface area contributed by atoms with Crippen LogP contribution >= 0.6 is 0 Å². The van der Waals surface area contributed by atoms with Crippen LogP contribution in [-0.2, 0) is 4.74 Å². The van der Waals surface area contributed by atoms with Crippen LogP contribution in [0, 0.1) is 5.92 Å². The summed E-state index contributed by atoms with van der Waals surface area (Å²) in [5, 5.41) is 18.8. The Balaban J connectivity index is 2.03. The highest BCUT2D eigenvalue weighted by Crippen LogP contribution is 2.24. The molecule has 1 atom stereocenters. The zero-order valence-electron chi connectivity index (χ0n) is 11.1. The molecule has 4 nitrogen and oxygen atoms in total. The van der Waals surface area contributed by atoms with E-state index in [1.165, 1.54) is 18.2 Å². The Bertz CT molecular complexity index is 596. The molecule has 0 heterocycles.